The van der Waals surface area contributed by atoms with Crippen LogP contribution in [0.1, 0.15) is 47.3 Å². The van der Waals surface area contributed by atoms with Crippen molar-refractivity contribution in [1.82, 2.24) is 24.9 Å². The van der Waals surface area contributed by atoms with Crippen LogP contribution in [0, 0.1) is 0 Å². The lowest BCUT2D eigenvalue weighted by Crippen LogP contribution is -2.31. The molecule has 2 heterocycles. The third kappa shape index (κ3) is 5.03. The predicted molar refractivity (Wildman–Crippen MR) is 97.9 cm³/mol. The fourth-order valence-electron chi connectivity index (χ4n) is 2.50. The van der Waals surface area contributed by atoms with Crippen LogP contribution in [0.4, 0.5) is 0 Å². The Hall–Kier alpha value is -2.41. The average molecular weight is 345 g/mol. The van der Waals surface area contributed by atoms with E-state index in [0.717, 1.165) is 25.8 Å². The molecule has 2 N–H and O–H groups in total. The molecular formula is C18H27N5O2. The van der Waals surface area contributed by atoms with Gasteiger partial charge in [0.25, 0.3) is 11.8 Å². The Morgan fingerprint density at radius 1 is 1.12 bits per heavy atom. The normalized spacial score (nSPS) is 11.0. The summed E-state index contributed by atoms with van der Waals surface area (Å²) in [6, 6.07) is 5.44. The van der Waals surface area contributed by atoms with Crippen molar-refractivity contribution < 1.29 is 9.59 Å². The standard InChI is InChI=1S/C18H27N5O2/c1-4-5-7-10-19-18(25)16-21-15(14-9-6-8-12-23(14)16)17(24)20-11-13-22(2)3/h6,8-9,12H,4-5,7,10-11,13H2,1-3H3,(H,19,25)(H,20,24). The molecule has 0 aliphatic heterocycles. The molecule has 2 aromatic heterocycles. The van der Waals surface area contributed by atoms with Gasteiger partial charge < -0.3 is 15.5 Å². The van der Waals surface area contributed by atoms with Crippen molar-refractivity contribution in [2.45, 2.75) is 26.2 Å². The molecule has 0 aliphatic rings. The van der Waals surface area contributed by atoms with Crippen LogP contribution in [0.15, 0.2) is 24.4 Å². The van der Waals surface area contributed by atoms with E-state index in [9.17, 15) is 9.59 Å². The number of fused-ring (bicyclic) bond motifs is 1. The van der Waals surface area contributed by atoms with Crippen LogP contribution >= 0.6 is 0 Å². The Balaban J connectivity index is 2.16. The highest BCUT2D eigenvalue weighted by molar-refractivity contribution is 6.02. The lowest BCUT2D eigenvalue weighted by Gasteiger charge is -2.09. The van der Waals surface area contributed by atoms with E-state index in [2.05, 4.69) is 22.5 Å². The summed E-state index contributed by atoms with van der Waals surface area (Å²) in [6.45, 7) is 3.99. The van der Waals surface area contributed by atoms with Gasteiger partial charge in [-0.2, -0.15) is 0 Å². The van der Waals surface area contributed by atoms with Gasteiger partial charge in [0, 0.05) is 25.8 Å². The largest absolute Gasteiger partial charge is 0.349 e. The second-order valence-electron chi connectivity index (χ2n) is 6.26. The highest BCUT2D eigenvalue weighted by Crippen LogP contribution is 2.13. The number of pyridine rings is 1. The molecule has 0 unspecified atom stereocenters. The molecule has 0 spiro atoms. The van der Waals surface area contributed by atoms with Gasteiger partial charge in [0.2, 0.25) is 5.82 Å². The first-order chi connectivity index (χ1) is 12.0. The minimum Gasteiger partial charge on any atom is -0.349 e. The molecular weight excluding hydrogens is 318 g/mol. The number of nitrogens with one attached hydrogen (secondary N) is 2. The molecule has 7 nitrogen and oxygen atoms in total. The topological polar surface area (TPSA) is 78.7 Å². The number of carbonyl (C=O) groups excluding carboxylic acids is 2. The summed E-state index contributed by atoms with van der Waals surface area (Å²) in [5.41, 5.74) is 0.904. The van der Waals surface area contributed by atoms with Gasteiger partial charge in [-0.15, -0.1) is 0 Å². The van der Waals surface area contributed by atoms with Crippen LogP contribution in [-0.2, 0) is 0 Å². The summed E-state index contributed by atoms with van der Waals surface area (Å²) in [7, 11) is 3.89. The zero-order valence-corrected chi connectivity index (χ0v) is 15.2. The van der Waals surface area contributed by atoms with E-state index in [1.807, 2.05) is 31.1 Å². The quantitative estimate of drug-likeness (QED) is 0.676. The molecule has 0 aromatic carbocycles. The highest BCUT2D eigenvalue weighted by atomic mass is 16.2. The summed E-state index contributed by atoms with van der Waals surface area (Å²) < 4.78 is 1.66. The van der Waals surface area contributed by atoms with E-state index in [0.29, 0.717) is 18.6 Å². The van der Waals surface area contributed by atoms with Gasteiger partial charge in [-0.3, -0.25) is 14.0 Å². The molecule has 2 aromatic rings. The number of hydrogen-bond acceptors (Lipinski definition) is 4. The Bertz CT molecular complexity index is 723. The molecule has 0 aliphatic carbocycles. The SMILES string of the molecule is CCCCCNC(=O)c1nc(C(=O)NCCN(C)C)c2ccccn12. The molecule has 2 amide bonds. The number of unbranched alkanes of at least 4 members (excludes halogenated alkanes) is 2. The van der Waals surface area contributed by atoms with Gasteiger partial charge in [0.15, 0.2) is 5.69 Å². The zero-order chi connectivity index (χ0) is 18.2. The van der Waals surface area contributed by atoms with Crippen molar-refractivity contribution in [2.75, 3.05) is 33.7 Å². The summed E-state index contributed by atoms with van der Waals surface area (Å²) in [4.78, 5) is 31.2. The first-order valence-corrected chi connectivity index (χ1v) is 8.72. The number of carbonyl (C=O) groups is 2. The number of rotatable bonds is 9. The number of nitrogens with zero attached hydrogens (tertiary/aromatic N) is 3. The van der Waals surface area contributed by atoms with Crippen molar-refractivity contribution in [3.05, 3.63) is 35.9 Å². The Labute approximate surface area is 148 Å². The number of aromatic nitrogens is 2. The number of likely N-dealkylation sites (N-methyl/N-ethyl adjacent to an activating group) is 1. The van der Waals surface area contributed by atoms with Crippen molar-refractivity contribution in [3.8, 4) is 0 Å². The van der Waals surface area contributed by atoms with Gasteiger partial charge in [0.05, 0.1) is 5.52 Å². The summed E-state index contributed by atoms with van der Waals surface area (Å²) in [5, 5.41) is 5.72. The van der Waals surface area contributed by atoms with Gasteiger partial charge in [-0.05, 0) is 32.6 Å². The van der Waals surface area contributed by atoms with E-state index in [-0.39, 0.29) is 23.3 Å². The Morgan fingerprint density at radius 2 is 1.88 bits per heavy atom. The fourth-order valence-corrected chi connectivity index (χ4v) is 2.50. The van der Waals surface area contributed by atoms with Crippen molar-refractivity contribution in [1.29, 1.82) is 0 Å². The second kappa shape index (κ2) is 9.17. The molecule has 136 valence electrons. The minimum absolute atomic E-state index is 0.241. The molecule has 7 heteroatoms. The van der Waals surface area contributed by atoms with Crippen LogP contribution in [-0.4, -0.2) is 59.8 Å². The monoisotopic (exact) mass is 345 g/mol. The lowest BCUT2D eigenvalue weighted by molar-refractivity contribution is 0.0942. The van der Waals surface area contributed by atoms with Gasteiger partial charge in [-0.25, -0.2) is 4.98 Å². The Kier molecular flexibility index (Phi) is 6.94. The molecule has 0 saturated heterocycles. The van der Waals surface area contributed by atoms with E-state index in [1.54, 1.807) is 16.7 Å². The summed E-state index contributed by atoms with van der Waals surface area (Å²) in [6.07, 6.45) is 4.85. The maximum Gasteiger partial charge on any atom is 0.287 e. The predicted octanol–water partition coefficient (Wildman–Crippen LogP) is 1.55. The summed E-state index contributed by atoms with van der Waals surface area (Å²) in [5.74, 6) is -0.287. The number of hydrogen-bond donors (Lipinski definition) is 2. The number of amides is 2. The highest BCUT2D eigenvalue weighted by Gasteiger charge is 2.20. The number of imidazole rings is 1. The van der Waals surface area contributed by atoms with Crippen LogP contribution < -0.4 is 10.6 Å². The fraction of sp³-hybridized carbons (Fsp3) is 0.500. The second-order valence-corrected chi connectivity index (χ2v) is 6.26. The molecule has 25 heavy (non-hydrogen) atoms. The molecule has 0 saturated carbocycles. The summed E-state index contributed by atoms with van der Waals surface area (Å²) >= 11 is 0. The van der Waals surface area contributed by atoms with E-state index in [4.69, 9.17) is 0 Å². The first kappa shape index (κ1) is 18.9. The Morgan fingerprint density at radius 3 is 2.60 bits per heavy atom. The molecule has 2 rings (SSSR count). The average Bonchev–Trinajstić information content (AvgIpc) is 2.98. The molecule has 0 atom stereocenters. The molecule has 0 bridgehead atoms. The van der Waals surface area contributed by atoms with Gasteiger partial charge >= 0.3 is 0 Å². The van der Waals surface area contributed by atoms with Gasteiger partial charge in [0.1, 0.15) is 0 Å². The van der Waals surface area contributed by atoms with E-state index < -0.39 is 0 Å². The van der Waals surface area contributed by atoms with Crippen LogP contribution in [0.3, 0.4) is 0 Å². The van der Waals surface area contributed by atoms with Crippen LogP contribution in [0.2, 0.25) is 0 Å². The van der Waals surface area contributed by atoms with Crippen molar-refractivity contribution >= 4 is 17.3 Å². The third-order valence-corrected chi connectivity index (χ3v) is 3.88. The van der Waals surface area contributed by atoms with Gasteiger partial charge in [-0.1, -0.05) is 25.8 Å². The maximum atomic E-state index is 12.4. The molecule has 0 radical (unpaired) electrons. The minimum atomic E-state index is -0.268. The van der Waals surface area contributed by atoms with Crippen LogP contribution in [0.25, 0.3) is 5.52 Å². The van der Waals surface area contributed by atoms with Crippen LogP contribution in [0.5, 0.6) is 0 Å². The smallest absolute Gasteiger partial charge is 0.287 e. The van der Waals surface area contributed by atoms with E-state index >= 15 is 0 Å². The van der Waals surface area contributed by atoms with E-state index in [1.165, 1.54) is 0 Å². The first-order valence-electron chi connectivity index (χ1n) is 8.72. The third-order valence-electron chi connectivity index (χ3n) is 3.88. The van der Waals surface area contributed by atoms with Crippen molar-refractivity contribution in [2.24, 2.45) is 0 Å². The lowest BCUT2D eigenvalue weighted by atomic mass is 10.2. The zero-order valence-electron chi connectivity index (χ0n) is 15.2. The molecule has 0 fully saturated rings. The maximum absolute atomic E-state index is 12.4. The van der Waals surface area contributed by atoms with Crippen molar-refractivity contribution in [3.63, 3.8) is 0 Å².